The maximum Gasteiger partial charge on any atom is 0.237 e. The largest absolute Gasteiger partial charge is 0.497 e. The van der Waals surface area contributed by atoms with Crippen molar-refractivity contribution in [3.8, 4) is 5.75 Å². The molecule has 0 saturated carbocycles. The van der Waals surface area contributed by atoms with Crippen molar-refractivity contribution in [3.63, 3.8) is 0 Å². The van der Waals surface area contributed by atoms with Crippen molar-refractivity contribution < 1.29 is 9.53 Å². The molecule has 0 aliphatic carbocycles. The average molecular weight is 315 g/mol. The highest BCUT2D eigenvalue weighted by Gasteiger charge is 2.15. The Hall–Kier alpha value is -1.94. The third-order valence-electron chi connectivity index (χ3n) is 3.50. The first-order valence-corrected chi connectivity index (χ1v) is 8.06. The Balaban J connectivity index is 2.00. The molecule has 0 heterocycles. The maximum atomic E-state index is 12.3. The number of anilines is 1. The van der Waals surface area contributed by atoms with Gasteiger partial charge in [0, 0.05) is 16.6 Å². The second-order valence-corrected chi connectivity index (χ2v) is 6.64. The Morgan fingerprint density at radius 2 is 1.91 bits per heavy atom. The van der Waals surface area contributed by atoms with Crippen LogP contribution in [0.4, 0.5) is 5.69 Å². The van der Waals surface area contributed by atoms with Crippen molar-refractivity contribution in [3.05, 3.63) is 53.6 Å². The van der Waals surface area contributed by atoms with Crippen LogP contribution in [0, 0.1) is 13.8 Å². The predicted octanol–water partition coefficient (Wildman–Crippen LogP) is 4.43. The molecule has 1 atom stereocenters. The van der Waals surface area contributed by atoms with Gasteiger partial charge in [-0.3, -0.25) is 4.79 Å². The van der Waals surface area contributed by atoms with Gasteiger partial charge in [-0.15, -0.1) is 11.8 Å². The summed E-state index contributed by atoms with van der Waals surface area (Å²) < 4.78 is 5.16. The molecule has 1 amide bonds. The molecule has 0 unspecified atom stereocenters. The molecule has 0 aromatic heterocycles. The van der Waals surface area contributed by atoms with Crippen LogP contribution in [0.5, 0.6) is 5.75 Å². The van der Waals surface area contributed by atoms with Crippen LogP contribution in [0.25, 0.3) is 0 Å². The number of carbonyl (C=O) groups is 1. The van der Waals surface area contributed by atoms with Crippen LogP contribution >= 0.6 is 11.8 Å². The van der Waals surface area contributed by atoms with Crippen molar-refractivity contribution in [2.75, 3.05) is 12.4 Å². The fraction of sp³-hybridized carbons (Fsp3) is 0.278. The van der Waals surface area contributed by atoms with Crippen molar-refractivity contribution in [2.45, 2.75) is 30.9 Å². The number of carbonyl (C=O) groups excluding carboxylic acids is 1. The number of hydrogen-bond donors (Lipinski definition) is 1. The summed E-state index contributed by atoms with van der Waals surface area (Å²) in [4.78, 5) is 13.4. The Morgan fingerprint density at radius 1 is 1.14 bits per heavy atom. The van der Waals surface area contributed by atoms with Gasteiger partial charge in [0.1, 0.15) is 5.75 Å². The minimum absolute atomic E-state index is 0.0171. The van der Waals surface area contributed by atoms with Crippen LogP contribution in [0.2, 0.25) is 0 Å². The van der Waals surface area contributed by atoms with Gasteiger partial charge in [0.15, 0.2) is 0 Å². The molecular weight excluding hydrogens is 294 g/mol. The Kier molecular flexibility index (Phi) is 5.50. The van der Waals surface area contributed by atoms with Crippen LogP contribution in [0.1, 0.15) is 18.1 Å². The van der Waals surface area contributed by atoms with E-state index >= 15 is 0 Å². The number of methoxy groups -OCH3 is 1. The zero-order valence-electron chi connectivity index (χ0n) is 13.3. The molecule has 0 saturated heterocycles. The third-order valence-corrected chi connectivity index (χ3v) is 4.59. The molecule has 0 aliphatic heterocycles. The van der Waals surface area contributed by atoms with Crippen LogP contribution in [0.3, 0.4) is 0 Å². The van der Waals surface area contributed by atoms with Crippen molar-refractivity contribution in [1.29, 1.82) is 0 Å². The van der Waals surface area contributed by atoms with E-state index in [1.165, 1.54) is 11.1 Å². The molecule has 0 radical (unpaired) electrons. The third kappa shape index (κ3) is 4.28. The zero-order valence-corrected chi connectivity index (χ0v) is 14.2. The summed E-state index contributed by atoms with van der Waals surface area (Å²) in [6.45, 7) is 6.08. The molecule has 4 heteroatoms. The molecular formula is C18H21NO2S. The normalized spacial score (nSPS) is 11.8. The Bertz CT molecular complexity index is 670. The van der Waals surface area contributed by atoms with E-state index in [1.807, 2.05) is 31.2 Å². The molecule has 2 rings (SSSR count). The van der Waals surface area contributed by atoms with Gasteiger partial charge >= 0.3 is 0 Å². The summed E-state index contributed by atoms with van der Waals surface area (Å²) >= 11 is 1.56. The SMILES string of the molecule is COc1cccc(NC(=O)[C@H](C)Sc2ccc(C)c(C)c2)c1. The lowest BCUT2D eigenvalue weighted by atomic mass is 10.1. The molecule has 2 aromatic carbocycles. The van der Waals surface area contributed by atoms with Crippen molar-refractivity contribution in [1.82, 2.24) is 0 Å². The lowest BCUT2D eigenvalue weighted by Crippen LogP contribution is -2.22. The lowest BCUT2D eigenvalue weighted by molar-refractivity contribution is -0.115. The smallest absolute Gasteiger partial charge is 0.237 e. The fourth-order valence-electron chi connectivity index (χ4n) is 1.99. The van der Waals surface area contributed by atoms with E-state index in [1.54, 1.807) is 18.9 Å². The summed E-state index contributed by atoms with van der Waals surface area (Å²) in [5.41, 5.74) is 3.25. The summed E-state index contributed by atoms with van der Waals surface area (Å²) in [5.74, 6) is 0.712. The number of ether oxygens (including phenoxy) is 1. The first-order valence-electron chi connectivity index (χ1n) is 7.18. The molecule has 1 N–H and O–H groups in total. The average Bonchev–Trinajstić information content (AvgIpc) is 2.51. The lowest BCUT2D eigenvalue weighted by Gasteiger charge is -2.13. The number of nitrogens with one attached hydrogen (secondary N) is 1. The first-order chi connectivity index (χ1) is 10.5. The van der Waals surface area contributed by atoms with Crippen LogP contribution in [0.15, 0.2) is 47.4 Å². The highest BCUT2D eigenvalue weighted by atomic mass is 32.2. The highest BCUT2D eigenvalue weighted by Crippen LogP contribution is 2.26. The predicted molar refractivity (Wildman–Crippen MR) is 92.9 cm³/mol. The van der Waals surface area contributed by atoms with Gasteiger partial charge in [0.25, 0.3) is 0 Å². The van der Waals surface area contributed by atoms with Gasteiger partial charge in [-0.2, -0.15) is 0 Å². The standard InChI is InChI=1S/C18H21NO2S/c1-12-8-9-17(10-13(12)2)22-14(3)18(20)19-15-6-5-7-16(11-15)21-4/h5-11,14H,1-4H3,(H,19,20)/t14-/m0/s1. The maximum absolute atomic E-state index is 12.3. The summed E-state index contributed by atoms with van der Waals surface area (Å²) in [6, 6.07) is 13.6. The van der Waals surface area contributed by atoms with Gasteiger partial charge < -0.3 is 10.1 Å². The monoisotopic (exact) mass is 315 g/mol. The van der Waals surface area contributed by atoms with Crippen LogP contribution in [-0.4, -0.2) is 18.3 Å². The van der Waals surface area contributed by atoms with Gasteiger partial charge in [0.05, 0.1) is 12.4 Å². The van der Waals surface area contributed by atoms with Gasteiger partial charge in [0.2, 0.25) is 5.91 Å². The van der Waals surface area contributed by atoms with E-state index in [2.05, 4.69) is 37.4 Å². The van der Waals surface area contributed by atoms with E-state index in [0.29, 0.717) is 0 Å². The van der Waals surface area contributed by atoms with E-state index < -0.39 is 0 Å². The number of rotatable bonds is 5. The fourth-order valence-corrected chi connectivity index (χ4v) is 2.96. The molecule has 0 bridgehead atoms. The molecule has 22 heavy (non-hydrogen) atoms. The van der Waals surface area contributed by atoms with Gasteiger partial charge in [-0.25, -0.2) is 0 Å². The molecule has 3 nitrogen and oxygen atoms in total. The van der Waals surface area contributed by atoms with Crippen molar-refractivity contribution in [2.24, 2.45) is 0 Å². The topological polar surface area (TPSA) is 38.3 Å². The summed E-state index contributed by atoms with van der Waals surface area (Å²) in [6.07, 6.45) is 0. The minimum atomic E-state index is -0.173. The molecule has 0 spiro atoms. The minimum Gasteiger partial charge on any atom is -0.497 e. The van der Waals surface area contributed by atoms with Gasteiger partial charge in [-0.05, 0) is 56.2 Å². The van der Waals surface area contributed by atoms with E-state index in [-0.39, 0.29) is 11.2 Å². The Labute approximate surface area is 136 Å². The first kappa shape index (κ1) is 16.4. The molecule has 0 fully saturated rings. The summed E-state index contributed by atoms with van der Waals surface area (Å²) in [5, 5.41) is 2.75. The molecule has 116 valence electrons. The highest BCUT2D eigenvalue weighted by molar-refractivity contribution is 8.00. The van der Waals surface area contributed by atoms with E-state index in [9.17, 15) is 4.79 Å². The van der Waals surface area contributed by atoms with Crippen LogP contribution in [-0.2, 0) is 4.79 Å². The Morgan fingerprint density at radius 3 is 2.59 bits per heavy atom. The number of aryl methyl sites for hydroxylation is 2. The van der Waals surface area contributed by atoms with Crippen molar-refractivity contribution >= 4 is 23.4 Å². The molecule has 0 aliphatic rings. The van der Waals surface area contributed by atoms with E-state index in [4.69, 9.17) is 4.74 Å². The van der Waals surface area contributed by atoms with Gasteiger partial charge in [-0.1, -0.05) is 12.1 Å². The summed E-state index contributed by atoms with van der Waals surface area (Å²) in [7, 11) is 1.61. The van der Waals surface area contributed by atoms with Crippen LogP contribution < -0.4 is 10.1 Å². The number of hydrogen-bond acceptors (Lipinski definition) is 3. The van der Waals surface area contributed by atoms with E-state index in [0.717, 1.165) is 16.3 Å². The number of benzene rings is 2. The molecule has 2 aromatic rings. The second kappa shape index (κ2) is 7.36. The second-order valence-electron chi connectivity index (χ2n) is 5.23. The zero-order chi connectivity index (χ0) is 16.1. The quantitative estimate of drug-likeness (QED) is 0.829. The number of amides is 1. The number of thioether (sulfide) groups is 1.